The summed E-state index contributed by atoms with van der Waals surface area (Å²) in [5.74, 6) is -0.441. The van der Waals surface area contributed by atoms with Crippen LogP contribution in [0, 0.1) is 0 Å². The van der Waals surface area contributed by atoms with Gasteiger partial charge in [0.25, 0.3) is 5.91 Å². The van der Waals surface area contributed by atoms with Gasteiger partial charge in [0.1, 0.15) is 11.5 Å². The Morgan fingerprint density at radius 2 is 1.55 bits per heavy atom. The molecule has 0 radical (unpaired) electrons. The monoisotopic (exact) mass is 398 g/mol. The average Bonchev–Trinajstić information content (AvgIpc) is 2.67. The summed E-state index contributed by atoms with van der Waals surface area (Å²) < 4.78 is 9.62. The maximum absolute atomic E-state index is 12.4. The number of hydrogen-bond acceptors (Lipinski definition) is 6. The van der Waals surface area contributed by atoms with Crippen LogP contribution in [0.15, 0.2) is 48.5 Å². The standard InChI is InChI=1S/C21H22N2O6/c1-3-28-21(27)29-18-10-8-15(9-11-18)20(26)23-17-6-4-5-16(13-17)22-19(25)12-7-14(2)24/h4-6,8-11,13H,3,7,12H2,1-2H3,(H,22,25)(H,23,26). The Hall–Kier alpha value is -3.68. The Kier molecular flexibility index (Phi) is 7.90. The number of carbonyl (C=O) groups is 4. The Morgan fingerprint density at radius 3 is 2.17 bits per heavy atom. The first kappa shape index (κ1) is 21.6. The van der Waals surface area contributed by atoms with E-state index in [2.05, 4.69) is 15.4 Å². The van der Waals surface area contributed by atoms with Gasteiger partial charge in [-0.25, -0.2) is 4.79 Å². The first-order valence-corrected chi connectivity index (χ1v) is 9.02. The van der Waals surface area contributed by atoms with Crippen LogP contribution in [0.5, 0.6) is 5.75 Å². The van der Waals surface area contributed by atoms with Crippen molar-refractivity contribution in [2.45, 2.75) is 26.7 Å². The second-order valence-electron chi connectivity index (χ2n) is 6.09. The first-order valence-electron chi connectivity index (χ1n) is 9.02. The molecule has 0 aromatic heterocycles. The summed E-state index contributed by atoms with van der Waals surface area (Å²) in [6.45, 7) is 3.30. The van der Waals surface area contributed by atoms with Crippen LogP contribution in [-0.4, -0.2) is 30.4 Å². The fraction of sp³-hybridized carbons (Fsp3) is 0.238. The number of rotatable bonds is 8. The van der Waals surface area contributed by atoms with E-state index in [0.29, 0.717) is 16.9 Å². The Balaban J connectivity index is 1.95. The highest BCUT2D eigenvalue weighted by molar-refractivity contribution is 6.04. The van der Waals surface area contributed by atoms with E-state index in [4.69, 9.17) is 4.74 Å². The molecule has 0 saturated heterocycles. The van der Waals surface area contributed by atoms with Crippen LogP contribution in [0.25, 0.3) is 0 Å². The number of carbonyl (C=O) groups excluding carboxylic acids is 4. The third-order valence-corrected chi connectivity index (χ3v) is 3.69. The molecule has 152 valence electrons. The molecular formula is C21H22N2O6. The lowest BCUT2D eigenvalue weighted by Crippen LogP contribution is -2.14. The summed E-state index contributed by atoms with van der Waals surface area (Å²) in [4.78, 5) is 46.5. The van der Waals surface area contributed by atoms with Crippen molar-refractivity contribution in [1.82, 2.24) is 0 Å². The highest BCUT2D eigenvalue weighted by atomic mass is 16.7. The molecule has 8 heteroatoms. The fourth-order valence-electron chi connectivity index (χ4n) is 2.31. The zero-order valence-corrected chi connectivity index (χ0v) is 16.2. The first-order chi connectivity index (χ1) is 13.9. The van der Waals surface area contributed by atoms with E-state index in [1.165, 1.54) is 31.2 Å². The quantitative estimate of drug-likeness (QED) is 0.517. The molecule has 2 amide bonds. The lowest BCUT2D eigenvalue weighted by molar-refractivity contribution is -0.121. The summed E-state index contributed by atoms with van der Waals surface area (Å²) in [6.07, 6.45) is -0.531. The molecule has 0 spiro atoms. The number of hydrogen-bond donors (Lipinski definition) is 2. The van der Waals surface area contributed by atoms with Gasteiger partial charge in [-0.1, -0.05) is 6.07 Å². The Bertz CT molecular complexity index is 892. The molecule has 0 unspecified atom stereocenters. The molecule has 0 aliphatic carbocycles. The molecule has 2 rings (SSSR count). The molecule has 0 heterocycles. The highest BCUT2D eigenvalue weighted by Gasteiger charge is 2.10. The molecular weight excluding hydrogens is 376 g/mol. The van der Waals surface area contributed by atoms with Gasteiger partial charge in [0.15, 0.2) is 0 Å². The van der Waals surface area contributed by atoms with Crippen LogP contribution in [0.4, 0.5) is 16.2 Å². The molecule has 8 nitrogen and oxygen atoms in total. The highest BCUT2D eigenvalue weighted by Crippen LogP contribution is 2.18. The number of ketones is 1. The van der Waals surface area contributed by atoms with Crippen LogP contribution < -0.4 is 15.4 Å². The maximum atomic E-state index is 12.4. The summed E-state index contributed by atoms with van der Waals surface area (Å²) in [6, 6.07) is 12.7. The largest absolute Gasteiger partial charge is 0.513 e. The van der Waals surface area contributed by atoms with Crippen LogP contribution in [0.1, 0.15) is 37.0 Å². The van der Waals surface area contributed by atoms with Crippen LogP contribution >= 0.6 is 0 Å². The SMILES string of the molecule is CCOC(=O)Oc1ccc(C(=O)Nc2cccc(NC(=O)CCC(C)=O)c2)cc1. The van der Waals surface area contributed by atoms with E-state index in [-0.39, 0.29) is 42.8 Å². The number of amides is 2. The fourth-order valence-corrected chi connectivity index (χ4v) is 2.31. The van der Waals surface area contributed by atoms with Gasteiger partial charge in [-0.05, 0) is 56.3 Å². The average molecular weight is 398 g/mol. The summed E-state index contributed by atoms with van der Waals surface area (Å²) >= 11 is 0. The van der Waals surface area contributed by atoms with Gasteiger partial charge in [-0.15, -0.1) is 0 Å². The molecule has 2 aromatic rings. The molecule has 0 atom stereocenters. The molecule has 0 fully saturated rings. The Morgan fingerprint density at radius 1 is 0.897 bits per heavy atom. The van der Waals surface area contributed by atoms with Crippen molar-refractivity contribution in [1.29, 1.82) is 0 Å². The number of nitrogens with one attached hydrogen (secondary N) is 2. The molecule has 0 aliphatic heterocycles. The van der Waals surface area contributed by atoms with Gasteiger partial charge in [-0.2, -0.15) is 0 Å². The second kappa shape index (κ2) is 10.6. The predicted molar refractivity (Wildman–Crippen MR) is 107 cm³/mol. The van der Waals surface area contributed by atoms with Gasteiger partial charge in [0.05, 0.1) is 6.61 Å². The summed E-state index contributed by atoms with van der Waals surface area (Å²) in [7, 11) is 0. The number of anilines is 2. The lowest BCUT2D eigenvalue weighted by Gasteiger charge is -2.09. The smallest absolute Gasteiger partial charge is 0.434 e. The topological polar surface area (TPSA) is 111 Å². The van der Waals surface area contributed by atoms with Crippen molar-refractivity contribution in [2.24, 2.45) is 0 Å². The minimum Gasteiger partial charge on any atom is -0.434 e. The van der Waals surface area contributed by atoms with Gasteiger partial charge in [0.2, 0.25) is 5.91 Å². The van der Waals surface area contributed by atoms with Crippen molar-refractivity contribution in [2.75, 3.05) is 17.2 Å². The van der Waals surface area contributed by atoms with Crippen LogP contribution in [-0.2, 0) is 14.3 Å². The third kappa shape index (κ3) is 7.45. The van der Waals surface area contributed by atoms with Crippen molar-refractivity contribution in [3.05, 3.63) is 54.1 Å². The lowest BCUT2D eigenvalue weighted by atomic mass is 10.2. The third-order valence-electron chi connectivity index (χ3n) is 3.69. The van der Waals surface area contributed by atoms with Gasteiger partial charge in [-0.3, -0.25) is 9.59 Å². The number of benzene rings is 2. The van der Waals surface area contributed by atoms with Crippen molar-refractivity contribution < 1.29 is 28.7 Å². The second-order valence-corrected chi connectivity index (χ2v) is 6.09. The molecule has 2 N–H and O–H groups in total. The van der Waals surface area contributed by atoms with Crippen molar-refractivity contribution in [3.8, 4) is 5.75 Å². The van der Waals surface area contributed by atoms with Crippen molar-refractivity contribution >= 4 is 35.1 Å². The predicted octanol–water partition coefficient (Wildman–Crippen LogP) is 3.78. The van der Waals surface area contributed by atoms with Gasteiger partial charge >= 0.3 is 6.16 Å². The van der Waals surface area contributed by atoms with E-state index in [9.17, 15) is 19.2 Å². The zero-order valence-electron chi connectivity index (χ0n) is 16.2. The molecule has 0 aliphatic rings. The van der Waals surface area contributed by atoms with E-state index in [0.717, 1.165) is 0 Å². The number of ether oxygens (including phenoxy) is 2. The number of Topliss-reactive ketones (excluding diaryl/α,β-unsaturated/α-hetero) is 1. The van der Waals surface area contributed by atoms with E-state index in [1.54, 1.807) is 31.2 Å². The van der Waals surface area contributed by atoms with E-state index < -0.39 is 6.16 Å². The molecule has 2 aromatic carbocycles. The zero-order chi connectivity index (χ0) is 21.2. The van der Waals surface area contributed by atoms with E-state index in [1.807, 2.05) is 0 Å². The van der Waals surface area contributed by atoms with E-state index >= 15 is 0 Å². The van der Waals surface area contributed by atoms with Crippen LogP contribution in [0.3, 0.4) is 0 Å². The van der Waals surface area contributed by atoms with Crippen LogP contribution in [0.2, 0.25) is 0 Å². The minimum atomic E-state index is -0.813. The van der Waals surface area contributed by atoms with Gasteiger partial charge in [0, 0.05) is 29.8 Å². The summed E-state index contributed by atoms with van der Waals surface area (Å²) in [5, 5.41) is 5.41. The maximum Gasteiger partial charge on any atom is 0.513 e. The minimum absolute atomic E-state index is 0.0557. The molecule has 0 saturated carbocycles. The van der Waals surface area contributed by atoms with Gasteiger partial charge < -0.3 is 24.9 Å². The Labute approximate surface area is 168 Å². The molecule has 0 bridgehead atoms. The normalized spacial score (nSPS) is 10.0. The van der Waals surface area contributed by atoms with Crippen molar-refractivity contribution in [3.63, 3.8) is 0 Å². The molecule has 29 heavy (non-hydrogen) atoms. The summed E-state index contributed by atoms with van der Waals surface area (Å²) in [5.41, 5.74) is 1.36.